The van der Waals surface area contributed by atoms with Crippen LogP contribution in [0.4, 0.5) is 0 Å². The molecule has 1 aromatic carbocycles. The molecule has 0 unspecified atom stereocenters. The fourth-order valence-corrected chi connectivity index (χ4v) is 1.80. The summed E-state index contributed by atoms with van der Waals surface area (Å²) in [6.07, 6.45) is 0. The van der Waals surface area contributed by atoms with Crippen molar-refractivity contribution in [2.24, 2.45) is 7.05 Å². The van der Waals surface area contributed by atoms with Crippen LogP contribution in [-0.2, 0) is 7.05 Å². The molecule has 0 fully saturated rings. The summed E-state index contributed by atoms with van der Waals surface area (Å²) in [6.45, 7) is 0. The lowest BCUT2D eigenvalue weighted by molar-refractivity contribution is 0.0673. The van der Waals surface area contributed by atoms with Crippen molar-refractivity contribution in [1.82, 2.24) is 4.74 Å². The van der Waals surface area contributed by atoms with Gasteiger partial charge in [-0.3, -0.25) is 0 Å². The van der Waals surface area contributed by atoms with Crippen LogP contribution < -0.4 is 5.63 Å². The number of nitrogens with zero attached hydrogens (tertiary/aromatic N) is 1. The Morgan fingerprint density at radius 3 is 2.76 bits per heavy atom. The minimum Gasteiger partial charge on any atom is -0.476 e. The number of carbonyl (C=O) groups is 1. The predicted molar refractivity (Wildman–Crippen MR) is 61.4 cm³/mol. The highest BCUT2D eigenvalue weighted by molar-refractivity contribution is 6.30. The van der Waals surface area contributed by atoms with Crippen LogP contribution >= 0.6 is 11.6 Å². The summed E-state index contributed by atoms with van der Waals surface area (Å²) >= 11 is 5.80. The summed E-state index contributed by atoms with van der Waals surface area (Å²) in [6, 6.07) is 6.39. The summed E-state index contributed by atoms with van der Waals surface area (Å²) in [5.74, 6) is -1.23. The molecule has 1 heterocycles. The largest absolute Gasteiger partial charge is 0.476 e. The molecule has 1 aromatic heterocycles. The molecule has 0 bridgehead atoms. The van der Waals surface area contributed by atoms with E-state index in [4.69, 9.17) is 21.2 Å². The van der Waals surface area contributed by atoms with Crippen LogP contribution in [0.2, 0.25) is 5.02 Å². The van der Waals surface area contributed by atoms with Crippen molar-refractivity contribution in [3.8, 4) is 11.1 Å². The molecule has 6 heteroatoms. The molecule has 88 valence electrons. The molecule has 0 radical (unpaired) electrons. The van der Waals surface area contributed by atoms with E-state index in [-0.39, 0.29) is 11.3 Å². The second-order valence-corrected chi connectivity index (χ2v) is 3.85. The molecule has 0 spiro atoms. The zero-order valence-electron chi connectivity index (χ0n) is 8.81. The molecule has 0 aliphatic carbocycles. The number of hydrogen-bond acceptors (Lipinski definition) is 3. The highest BCUT2D eigenvalue weighted by Gasteiger charge is 2.22. The summed E-state index contributed by atoms with van der Waals surface area (Å²) in [4.78, 5) is 22.6. The predicted octanol–water partition coefficient (Wildman–Crippen LogP) is 2.00. The second-order valence-electron chi connectivity index (χ2n) is 3.42. The Balaban J connectivity index is 2.75. The maximum atomic E-state index is 11.6. The first-order chi connectivity index (χ1) is 8.00. The Hall–Kier alpha value is -2.01. The van der Waals surface area contributed by atoms with E-state index in [1.165, 1.54) is 13.1 Å². The first-order valence-electron chi connectivity index (χ1n) is 4.70. The number of hydrogen-bond donors (Lipinski definition) is 1. The van der Waals surface area contributed by atoms with Gasteiger partial charge >= 0.3 is 11.6 Å². The number of aryl methyl sites for hydroxylation is 1. The number of aromatic nitrogens is 1. The Labute approximate surface area is 101 Å². The van der Waals surface area contributed by atoms with Gasteiger partial charge in [0, 0.05) is 12.1 Å². The van der Waals surface area contributed by atoms with E-state index in [2.05, 4.69) is 0 Å². The maximum Gasteiger partial charge on any atom is 0.366 e. The van der Waals surface area contributed by atoms with Gasteiger partial charge in [-0.2, -0.15) is 0 Å². The fraction of sp³-hybridized carbons (Fsp3) is 0.0909. The zero-order valence-corrected chi connectivity index (χ0v) is 9.56. The minimum atomic E-state index is -1.23. The third-order valence-corrected chi connectivity index (χ3v) is 2.53. The molecule has 0 saturated carbocycles. The van der Waals surface area contributed by atoms with Crippen molar-refractivity contribution in [1.29, 1.82) is 0 Å². The average Bonchev–Trinajstić information content (AvgIpc) is 2.53. The van der Waals surface area contributed by atoms with Crippen molar-refractivity contribution in [3.63, 3.8) is 0 Å². The van der Waals surface area contributed by atoms with Crippen molar-refractivity contribution < 1.29 is 14.4 Å². The Morgan fingerprint density at radius 1 is 1.47 bits per heavy atom. The van der Waals surface area contributed by atoms with E-state index in [0.29, 0.717) is 10.6 Å². The van der Waals surface area contributed by atoms with Gasteiger partial charge in [-0.1, -0.05) is 23.7 Å². The van der Waals surface area contributed by atoms with E-state index in [1.807, 2.05) is 0 Å². The maximum absolute atomic E-state index is 11.6. The Morgan fingerprint density at radius 2 is 2.18 bits per heavy atom. The minimum absolute atomic E-state index is 0.00231. The van der Waals surface area contributed by atoms with Crippen LogP contribution in [0.15, 0.2) is 33.6 Å². The molecule has 0 atom stereocenters. The third kappa shape index (κ3) is 1.97. The standard InChI is InChI=1S/C11H8ClNO4/c1-13-9(10(14)15)8(11(16)17-13)6-3-2-4-7(12)5-6/h2-5H,1H3,(H,14,15). The Bertz CT molecular complexity index is 641. The number of carboxylic acid groups (broad SMARTS) is 1. The monoisotopic (exact) mass is 253 g/mol. The van der Waals surface area contributed by atoms with E-state index in [0.717, 1.165) is 4.74 Å². The number of carboxylic acids is 1. The molecule has 5 nitrogen and oxygen atoms in total. The van der Waals surface area contributed by atoms with E-state index >= 15 is 0 Å². The van der Waals surface area contributed by atoms with Crippen LogP contribution in [0.1, 0.15) is 10.5 Å². The van der Waals surface area contributed by atoms with Crippen molar-refractivity contribution in [2.75, 3.05) is 0 Å². The van der Waals surface area contributed by atoms with Crippen molar-refractivity contribution >= 4 is 17.6 Å². The molecule has 0 saturated heterocycles. The zero-order chi connectivity index (χ0) is 12.6. The van der Waals surface area contributed by atoms with Crippen LogP contribution in [0, 0.1) is 0 Å². The van der Waals surface area contributed by atoms with Gasteiger partial charge in [-0.15, -0.1) is 0 Å². The highest BCUT2D eigenvalue weighted by atomic mass is 35.5. The highest BCUT2D eigenvalue weighted by Crippen LogP contribution is 2.23. The Kier molecular flexibility index (Phi) is 2.77. The topological polar surface area (TPSA) is 72.4 Å². The number of halogens is 1. The van der Waals surface area contributed by atoms with E-state index in [1.54, 1.807) is 18.2 Å². The number of benzene rings is 1. The van der Waals surface area contributed by atoms with E-state index in [9.17, 15) is 9.59 Å². The van der Waals surface area contributed by atoms with Gasteiger partial charge in [0.05, 0.1) is 0 Å². The van der Waals surface area contributed by atoms with Gasteiger partial charge in [-0.25, -0.2) is 14.3 Å². The molecular formula is C11H8ClNO4. The summed E-state index contributed by atoms with van der Waals surface area (Å²) < 4.78 is 5.67. The van der Waals surface area contributed by atoms with Gasteiger partial charge in [0.15, 0.2) is 5.69 Å². The molecular weight excluding hydrogens is 246 g/mol. The number of rotatable bonds is 2. The smallest absolute Gasteiger partial charge is 0.366 e. The molecule has 1 N–H and O–H groups in total. The normalized spacial score (nSPS) is 10.5. The van der Waals surface area contributed by atoms with Crippen LogP contribution in [0.3, 0.4) is 0 Å². The van der Waals surface area contributed by atoms with Crippen molar-refractivity contribution in [3.05, 3.63) is 45.4 Å². The van der Waals surface area contributed by atoms with Crippen LogP contribution in [0.25, 0.3) is 11.1 Å². The SMILES string of the molecule is Cn1oc(=O)c(-c2cccc(Cl)c2)c1C(=O)O. The average molecular weight is 254 g/mol. The van der Waals surface area contributed by atoms with E-state index < -0.39 is 11.6 Å². The molecule has 2 aromatic rings. The van der Waals surface area contributed by atoms with Gasteiger partial charge in [-0.05, 0) is 17.7 Å². The number of aromatic carboxylic acids is 1. The molecule has 2 rings (SSSR count). The van der Waals surface area contributed by atoms with Gasteiger partial charge in [0.25, 0.3) is 0 Å². The van der Waals surface area contributed by atoms with Crippen molar-refractivity contribution in [2.45, 2.75) is 0 Å². The first kappa shape index (κ1) is 11.5. The third-order valence-electron chi connectivity index (χ3n) is 2.29. The quantitative estimate of drug-likeness (QED) is 0.888. The molecule has 0 aliphatic heterocycles. The van der Waals surface area contributed by atoms with Gasteiger partial charge in [0.1, 0.15) is 5.56 Å². The second kappa shape index (κ2) is 4.10. The lowest BCUT2D eigenvalue weighted by Crippen LogP contribution is -2.06. The first-order valence-corrected chi connectivity index (χ1v) is 5.08. The van der Waals surface area contributed by atoms with Gasteiger partial charge < -0.3 is 9.63 Å². The molecule has 17 heavy (non-hydrogen) atoms. The molecule has 0 aliphatic rings. The van der Waals surface area contributed by atoms with Crippen LogP contribution in [-0.4, -0.2) is 15.8 Å². The summed E-state index contributed by atoms with van der Waals surface area (Å²) in [5, 5.41) is 9.46. The van der Waals surface area contributed by atoms with Gasteiger partial charge in [0.2, 0.25) is 0 Å². The fourth-order valence-electron chi connectivity index (χ4n) is 1.61. The lowest BCUT2D eigenvalue weighted by Gasteiger charge is -1.99. The summed E-state index contributed by atoms with van der Waals surface area (Å²) in [7, 11) is 1.36. The lowest BCUT2D eigenvalue weighted by atomic mass is 10.1. The summed E-state index contributed by atoms with van der Waals surface area (Å²) in [5.41, 5.74) is -0.476. The molecule has 0 amide bonds. The van der Waals surface area contributed by atoms with Crippen LogP contribution in [0.5, 0.6) is 0 Å².